The van der Waals surface area contributed by atoms with Gasteiger partial charge in [0, 0.05) is 18.3 Å². The summed E-state index contributed by atoms with van der Waals surface area (Å²) in [7, 11) is 0. The molecule has 4 heteroatoms. The summed E-state index contributed by atoms with van der Waals surface area (Å²) in [4.78, 5) is 27.9. The van der Waals surface area contributed by atoms with E-state index in [1.54, 1.807) is 39.2 Å². The molecular formula is C15H19NO3. The quantitative estimate of drug-likeness (QED) is 0.354. The third-order valence-corrected chi connectivity index (χ3v) is 2.49. The number of Topliss-reactive ketones (excluding diaryl/α,β-unsaturated/α-hetero) is 1. The lowest BCUT2D eigenvalue weighted by Crippen LogP contribution is -2.19. The summed E-state index contributed by atoms with van der Waals surface area (Å²) < 4.78 is 4.93. The van der Waals surface area contributed by atoms with E-state index in [2.05, 4.69) is 4.98 Å². The molecule has 0 aliphatic heterocycles. The molecule has 0 unspecified atom stereocenters. The molecule has 0 spiro atoms. The summed E-state index contributed by atoms with van der Waals surface area (Å²) in [6.07, 6.45) is 4.87. The predicted octanol–water partition coefficient (Wildman–Crippen LogP) is 2.56. The molecule has 102 valence electrons. The van der Waals surface area contributed by atoms with Crippen molar-refractivity contribution in [1.82, 2.24) is 4.98 Å². The zero-order valence-corrected chi connectivity index (χ0v) is 11.8. The van der Waals surface area contributed by atoms with Crippen LogP contribution in [0, 0.1) is 12.8 Å². The van der Waals surface area contributed by atoms with Gasteiger partial charge in [0.15, 0.2) is 5.78 Å². The average molecular weight is 261 g/mol. The second kappa shape index (κ2) is 6.83. The van der Waals surface area contributed by atoms with Crippen LogP contribution < -0.4 is 0 Å². The highest BCUT2D eigenvalue weighted by atomic mass is 16.5. The summed E-state index contributed by atoms with van der Waals surface area (Å²) in [5, 5.41) is 0. The van der Waals surface area contributed by atoms with E-state index in [-0.39, 0.29) is 23.9 Å². The number of carbonyl (C=O) groups is 2. The van der Waals surface area contributed by atoms with Gasteiger partial charge in [-0.1, -0.05) is 13.8 Å². The summed E-state index contributed by atoms with van der Waals surface area (Å²) in [5.41, 5.74) is 1.76. The van der Waals surface area contributed by atoms with E-state index in [1.807, 2.05) is 13.0 Å². The number of esters is 1. The minimum atomic E-state index is -0.581. The second-order valence-corrected chi connectivity index (χ2v) is 4.59. The molecule has 4 nitrogen and oxygen atoms in total. The van der Waals surface area contributed by atoms with Gasteiger partial charge < -0.3 is 4.74 Å². The van der Waals surface area contributed by atoms with E-state index in [0.29, 0.717) is 0 Å². The fourth-order valence-electron chi connectivity index (χ4n) is 1.57. The van der Waals surface area contributed by atoms with Crippen molar-refractivity contribution in [3.05, 3.63) is 35.2 Å². The largest absolute Gasteiger partial charge is 0.462 e. The van der Waals surface area contributed by atoms with Crippen LogP contribution in [0.15, 0.2) is 24.0 Å². The molecule has 1 heterocycles. The van der Waals surface area contributed by atoms with Crippen LogP contribution in [0.25, 0.3) is 6.08 Å². The molecule has 1 aromatic heterocycles. The Labute approximate surface area is 113 Å². The lowest BCUT2D eigenvalue weighted by atomic mass is 9.99. The monoisotopic (exact) mass is 261 g/mol. The minimum Gasteiger partial charge on any atom is -0.462 e. The van der Waals surface area contributed by atoms with Crippen molar-refractivity contribution in [2.75, 3.05) is 6.61 Å². The van der Waals surface area contributed by atoms with E-state index >= 15 is 0 Å². The molecule has 0 aliphatic carbocycles. The first-order chi connectivity index (χ1) is 8.95. The molecule has 0 aromatic carbocycles. The van der Waals surface area contributed by atoms with Crippen LogP contribution in [-0.4, -0.2) is 23.3 Å². The minimum absolute atomic E-state index is 0.0734. The Balaban J connectivity index is 3.15. The predicted molar refractivity (Wildman–Crippen MR) is 73.4 cm³/mol. The van der Waals surface area contributed by atoms with E-state index in [0.717, 1.165) is 11.1 Å². The summed E-state index contributed by atoms with van der Waals surface area (Å²) in [6.45, 7) is 7.36. The maximum atomic E-state index is 12.1. The number of ether oxygens (including phenoxy) is 1. The van der Waals surface area contributed by atoms with Crippen molar-refractivity contribution in [1.29, 1.82) is 0 Å². The Bertz CT molecular complexity index is 504. The molecule has 0 aliphatic rings. The van der Waals surface area contributed by atoms with E-state index < -0.39 is 5.97 Å². The molecule has 0 amide bonds. The van der Waals surface area contributed by atoms with Crippen molar-refractivity contribution in [2.24, 2.45) is 5.92 Å². The molecule has 1 rings (SSSR count). The lowest BCUT2D eigenvalue weighted by molar-refractivity contribution is -0.140. The van der Waals surface area contributed by atoms with Crippen LogP contribution in [0.1, 0.15) is 31.9 Å². The Morgan fingerprint density at radius 2 is 2.05 bits per heavy atom. The maximum absolute atomic E-state index is 12.1. The molecule has 0 saturated carbocycles. The first-order valence-electron chi connectivity index (χ1n) is 6.30. The van der Waals surface area contributed by atoms with Gasteiger partial charge in [0.1, 0.15) is 5.57 Å². The number of ketones is 1. The van der Waals surface area contributed by atoms with Gasteiger partial charge in [-0.3, -0.25) is 9.78 Å². The van der Waals surface area contributed by atoms with Crippen molar-refractivity contribution in [2.45, 2.75) is 27.7 Å². The molecule has 1 aromatic rings. The lowest BCUT2D eigenvalue weighted by Gasteiger charge is -2.08. The second-order valence-electron chi connectivity index (χ2n) is 4.59. The van der Waals surface area contributed by atoms with Gasteiger partial charge in [0.25, 0.3) is 0 Å². The normalized spacial score (nSPS) is 11.5. The van der Waals surface area contributed by atoms with Gasteiger partial charge in [0.05, 0.1) is 6.61 Å². The van der Waals surface area contributed by atoms with Gasteiger partial charge >= 0.3 is 5.97 Å². The third-order valence-electron chi connectivity index (χ3n) is 2.49. The maximum Gasteiger partial charge on any atom is 0.341 e. The third kappa shape index (κ3) is 4.32. The van der Waals surface area contributed by atoms with Crippen molar-refractivity contribution in [3.63, 3.8) is 0 Å². The first kappa shape index (κ1) is 15.1. The fraction of sp³-hybridized carbons (Fsp3) is 0.400. The Kier molecular flexibility index (Phi) is 5.42. The van der Waals surface area contributed by atoms with Crippen LogP contribution >= 0.6 is 0 Å². The number of aryl methyl sites for hydroxylation is 1. The van der Waals surface area contributed by atoms with Crippen molar-refractivity contribution in [3.8, 4) is 0 Å². The summed E-state index contributed by atoms with van der Waals surface area (Å²) in [5.74, 6) is -1.06. The Morgan fingerprint density at radius 3 is 2.58 bits per heavy atom. The van der Waals surface area contributed by atoms with Crippen molar-refractivity contribution < 1.29 is 14.3 Å². The fourth-order valence-corrected chi connectivity index (χ4v) is 1.57. The van der Waals surface area contributed by atoms with Gasteiger partial charge in [-0.25, -0.2) is 4.79 Å². The molecule has 19 heavy (non-hydrogen) atoms. The van der Waals surface area contributed by atoms with Gasteiger partial charge in [-0.05, 0) is 37.1 Å². The number of pyridine rings is 1. The highest BCUT2D eigenvalue weighted by molar-refractivity contribution is 6.21. The topological polar surface area (TPSA) is 56.3 Å². The smallest absolute Gasteiger partial charge is 0.341 e. The van der Waals surface area contributed by atoms with Crippen LogP contribution in [0.4, 0.5) is 0 Å². The molecule has 0 atom stereocenters. The average Bonchev–Trinajstić information content (AvgIpc) is 2.35. The van der Waals surface area contributed by atoms with Gasteiger partial charge in [-0.2, -0.15) is 0 Å². The number of rotatable bonds is 5. The number of hydrogen-bond acceptors (Lipinski definition) is 4. The molecular weight excluding hydrogens is 242 g/mol. The van der Waals surface area contributed by atoms with Gasteiger partial charge in [0.2, 0.25) is 0 Å². The van der Waals surface area contributed by atoms with E-state index in [4.69, 9.17) is 4.74 Å². The highest BCUT2D eigenvalue weighted by Crippen LogP contribution is 2.14. The summed E-state index contributed by atoms with van der Waals surface area (Å²) >= 11 is 0. The van der Waals surface area contributed by atoms with E-state index in [9.17, 15) is 9.59 Å². The first-order valence-corrected chi connectivity index (χ1v) is 6.30. The molecule has 0 saturated heterocycles. The molecule has 0 fully saturated rings. The summed E-state index contributed by atoms with van der Waals surface area (Å²) in [6, 6.07) is 1.86. The van der Waals surface area contributed by atoms with Gasteiger partial charge in [-0.15, -0.1) is 0 Å². The Morgan fingerprint density at radius 1 is 1.37 bits per heavy atom. The molecule has 0 N–H and O–H groups in total. The number of hydrogen-bond donors (Lipinski definition) is 0. The number of carbonyl (C=O) groups excluding carboxylic acids is 2. The van der Waals surface area contributed by atoms with Crippen LogP contribution in [0.5, 0.6) is 0 Å². The van der Waals surface area contributed by atoms with Crippen molar-refractivity contribution >= 4 is 17.8 Å². The molecule has 0 bridgehead atoms. The highest BCUT2D eigenvalue weighted by Gasteiger charge is 2.22. The van der Waals surface area contributed by atoms with E-state index in [1.165, 1.54) is 0 Å². The van der Waals surface area contributed by atoms with Crippen LogP contribution in [0.2, 0.25) is 0 Å². The standard InChI is InChI=1S/C15H19NO3/c1-5-19-15(18)13(14(17)10(2)3)7-12-6-11(4)8-16-9-12/h6-10H,5H2,1-4H3/b13-7-. The zero-order chi connectivity index (χ0) is 14.4. The zero-order valence-electron chi connectivity index (χ0n) is 11.8. The SMILES string of the molecule is CCOC(=O)/C(=C\c1cncc(C)c1)C(=O)C(C)C. The number of nitrogens with zero attached hydrogens (tertiary/aromatic N) is 1. The number of aromatic nitrogens is 1. The van der Waals surface area contributed by atoms with Crippen LogP contribution in [-0.2, 0) is 14.3 Å². The Hall–Kier alpha value is -1.97. The van der Waals surface area contributed by atoms with Crippen LogP contribution in [0.3, 0.4) is 0 Å². The molecule has 0 radical (unpaired) electrons.